The maximum atomic E-state index is 12.0. The highest BCUT2D eigenvalue weighted by atomic mass is 127. The number of hydrogen-bond acceptors (Lipinski definition) is 4. The number of nitrogens with one attached hydrogen (secondary N) is 2. The van der Waals surface area contributed by atoms with Crippen molar-refractivity contribution in [1.29, 1.82) is 0 Å². The molecule has 2 heterocycles. The summed E-state index contributed by atoms with van der Waals surface area (Å²) in [4.78, 5) is 22.4. The third-order valence-electron chi connectivity index (χ3n) is 5.60. The Kier molecular flexibility index (Phi) is 11.5. The fourth-order valence-corrected chi connectivity index (χ4v) is 4.48. The zero-order valence-corrected chi connectivity index (χ0v) is 22.5. The molecule has 1 saturated heterocycles. The molecule has 0 radical (unpaired) electrons. The zero-order chi connectivity index (χ0) is 22.1. The van der Waals surface area contributed by atoms with Crippen molar-refractivity contribution in [2.45, 2.75) is 32.9 Å². The van der Waals surface area contributed by atoms with Gasteiger partial charge in [0.25, 0.3) is 5.91 Å². The molecule has 0 unspecified atom stereocenters. The van der Waals surface area contributed by atoms with Gasteiger partial charge in [-0.2, -0.15) is 0 Å². The number of nitrogens with zero attached hydrogens (tertiary/aromatic N) is 3. The van der Waals surface area contributed by atoms with E-state index in [1.54, 1.807) is 19.0 Å². The molecule has 0 aliphatic carbocycles. The van der Waals surface area contributed by atoms with Crippen LogP contribution in [0.15, 0.2) is 46.8 Å². The Labute approximate surface area is 213 Å². The molecular formula is C24H36IN5OS. The lowest BCUT2D eigenvalue weighted by Gasteiger charge is -2.32. The molecule has 0 atom stereocenters. The maximum absolute atomic E-state index is 12.0. The first kappa shape index (κ1) is 26.6. The number of aliphatic imine (C=N–C) groups is 1. The van der Waals surface area contributed by atoms with Crippen LogP contribution in [0, 0.1) is 5.92 Å². The third-order valence-corrected chi connectivity index (χ3v) is 6.46. The topological polar surface area (TPSA) is 60.0 Å². The van der Waals surface area contributed by atoms with E-state index in [-0.39, 0.29) is 29.9 Å². The normalized spacial score (nSPS) is 15.2. The number of rotatable bonds is 8. The zero-order valence-electron chi connectivity index (χ0n) is 19.3. The second-order valence-electron chi connectivity index (χ2n) is 8.27. The third kappa shape index (κ3) is 8.37. The van der Waals surface area contributed by atoms with Crippen LogP contribution in [0.25, 0.3) is 0 Å². The molecule has 6 nitrogen and oxygen atoms in total. The lowest BCUT2D eigenvalue weighted by atomic mass is 9.97. The molecule has 1 amide bonds. The van der Waals surface area contributed by atoms with Gasteiger partial charge in [-0.1, -0.05) is 18.2 Å². The summed E-state index contributed by atoms with van der Waals surface area (Å²) < 4.78 is 0. The molecule has 0 spiro atoms. The van der Waals surface area contributed by atoms with Crippen LogP contribution in [0.4, 0.5) is 0 Å². The minimum atomic E-state index is 0. The van der Waals surface area contributed by atoms with Crippen LogP contribution in [0.5, 0.6) is 0 Å². The van der Waals surface area contributed by atoms with Gasteiger partial charge in [-0.25, -0.2) is 4.99 Å². The van der Waals surface area contributed by atoms with E-state index in [0.29, 0.717) is 18.0 Å². The first-order chi connectivity index (χ1) is 15.0. The Morgan fingerprint density at radius 3 is 2.47 bits per heavy atom. The number of thiophene rings is 1. The molecular weight excluding hydrogens is 533 g/mol. The molecule has 176 valence electrons. The lowest BCUT2D eigenvalue weighted by molar-refractivity contribution is 0.0827. The molecule has 0 bridgehead atoms. The highest BCUT2D eigenvalue weighted by Crippen LogP contribution is 2.20. The van der Waals surface area contributed by atoms with Gasteiger partial charge in [0.2, 0.25) is 0 Å². The standard InChI is InChI=1S/C24H35N5OS.HI/c1-4-25-24(26-16-19-7-9-21(10-8-19)23(30)28(2)3)27-17-20-11-13-29(14-12-20)18-22-6-5-15-31-22;/h5-10,15,20H,4,11-14,16-18H2,1-3H3,(H2,25,26,27);1H. The van der Waals surface area contributed by atoms with Crippen LogP contribution in [-0.4, -0.2) is 61.9 Å². The molecule has 1 aromatic heterocycles. The molecule has 1 aromatic carbocycles. The van der Waals surface area contributed by atoms with Crippen molar-refractivity contribution in [3.63, 3.8) is 0 Å². The number of carbonyl (C=O) groups is 1. The Morgan fingerprint density at radius 1 is 1.16 bits per heavy atom. The first-order valence-electron chi connectivity index (χ1n) is 11.1. The van der Waals surface area contributed by atoms with Gasteiger partial charge in [0.05, 0.1) is 6.54 Å². The van der Waals surface area contributed by atoms with E-state index in [0.717, 1.165) is 44.2 Å². The second-order valence-corrected chi connectivity index (χ2v) is 9.30. The number of piperidine rings is 1. The van der Waals surface area contributed by atoms with Gasteiger partial charge in [-0.15, -0.1) is 35.3 Å². The van der Waals surface area contributed by atoms with Gasteiger partial charge in [-0.3, -0.25) is 9.69 Å². The molecule has 2 N–H and O–H groups in total. The molecule has 1 aliphatic heterocycles. The van der Waals surface area contributed by atoms with E-state index in [1.807, 2.05) is 35.6 Å². The fourth-order valence-electron chi connectivity index (χ4n) is 3.74. The SMILES string of the molecule is CCNC(=NCc1ccc(C(=O)N(C)C)cc1)NCC1CCN(Cc2cccs2)CC1.I. The molecule has 32 heavy (non-hydrogen) atoms. The molecule has 1 aliphatic rings. The largest absolute Gasteiger partial charge is 0.357 e. The fraction of sp³-hybridized carbons (Fsp3) is 0.500. The smallest absolute Gasteiger partial charge is 0.253 e. The van der Waals surface area contributed by atoms with Crippen LogP contribution >= 0.6 is 35.3 Å². The van der Waals surface area contributed by atoms with Crippen LogP contribution < -0.4 is 10.6 Å². The van der Waals surface area contributed by atoms with E-state index in [1.165, 1.54) is 17.7 Å². The average molecular weight is 570 g/mol. The average Bonchev–Trinajstić information content (AvgIpc) is 3.29. The number of halogens is 1. The summed E-state index contributed by atoms with van der Waals surface area (Å²) in [5.41, 5.74) is 1.79. The Hall–Kier alpha value is -1.65. The lowest BCUT2D eigenvalue weighted by Crippen LogP contribution is -2.42. The van der Waals surface area contributed by atoms with Gasteiger partial charge in [0.1, 0.15) is 0 Å². The molecule has 1 fully saturated rings. The van der Waals surface area contributed by atoms with Gasteiger partial charge >= 0.3 is 0 Å². The van der Waals surface area contributed by atoms with Crippen molar-refractivity contribution in [3.8, 4) is 0 Å². The number of likely N-dealkylation sites (tertiary alicyclic amines) is 1. The van der Waals surface area contributed by atoms with Crippen molar-refractivity contribution in [2.24, 2.45) is 10.9 Å². The van der Waals surface area contributed by atoms with Crippen molar-refractivity contribution in [1.82, 2.24) is 20.4 Å². The Morgan fingerprint density at radius 2 is 1.88 bits per heavy atom. The summed E-state index contributed by atoms with van der Waals surface area (Å²) in [7, 11) is 3.53. The van der Waals surface area contributed by atoms with Crippen molar-refractivity contribution in [3.05, 3.63) is 57.8 Å². The Balaban J connectivity index is 0.00000363. The molecule has 8 heteroatoms. The first-order valence-corrected chi connectivity index (χ1v) is 12.0. The van der Waals surface area contributed by atoms with Crippen LogP contribution in [0.1, 0.15) is 40.6 Å². The van der Waals surface area contributed by atoms with Crippen LogP contribution in [-0.2, 0) is 13.1 Å². The van der Waals surface area contributed by atoms with Gasteiger partial charge in [-0.05, 0) is 67.9 Å². The summed E-state index contributed by atoms with van der Waals surface area (Å²) >= 11 is 1.85. The number of hydrogen-bond donors (Lipinski definition) is 2. The number of benzene rings is 1. The van der Waals surface area contributed by atoms with Crippen molar-refractivity contribution < 1.29 is 4.79 Å². The minimum Gasteiger partial charge on any atom is -0.357 e. The van der Waals surface area contributed by atoms with Gasteiger partial charge < -0.3 is 15.5 Å². The summed E-state index contributed by atoms with van der Waals surface area (Å²) in [6.07, 6.45) is 2.44. The highest BCUT2D eigenvalue weighted by molar-refractivity contribution is 14.0. The van der Waals surface area contributed by atoms with E-state index < -0.39 is 0 Å². The molecule has 2 aromatic rings. The predicted molar refractivity (Wildman–Crippen MR) is 145 cm³/mol. The van der Waals surface area contributed by atoms with Crippen molar-refractivity contribution in [2.75, 3.05) is 40.3 Å². The van der Waals surface area contributed by atoms with E-state index in [4.69, 9.17) is 4.99 Å². The van der Waals surface area contributed by atoms with Crippen LogP contribution in [0.2, 0.25) is 0 Å². The highest BCUT2D eigenvalue weighted by Gasteiger charge is 2.19. The molecule has 3 rings (SSSR count). The second kappa shape index (κ2) is 13.8. The number of carbonyl (C=O) groups excluding carboxylic acids is 1. The summed E-state index contributed by atoms with van der Waals surface area (Å²) in [5.74, 6) is 1.56. The van der Waals surface area contributed by atoms with Gasteiger partial charge in [0.15, 0.2) is 5.96 Å². The van der Waals surface area contributed by atoms with E-state index in [2.05, 4.69) is 40.0 Å². The maximum Gasteiger partial charge on any atom is 0.253 e. The Bertz CT molecular complexity index is 831. The van der Waals surface area contributed by atoms with E-state index >= 15 is 0 Å². The van der Waals surface area contributed by atoms with Crippen LogP contribution in [0.3, 0.4) is 0 Å². The van der Waals surface area contributed by atoms with Gasteiger partial charge in [0, 0.05) is 44.2 Å². The quantitative estimate of drug-likeness (QED) is 0.287. The predicted octanol–water partition coefficient (Wildman–Crippen LogP) is 4.04. The summed E-state index contributed by atoms with van der Waals surface area (Å²) in [5, 5.41) is 9.03. The number of amides is 1. The monoisotopic (exact) mass is 569 g/mol. The number of guanidine groups is 1. The van der Waals surface area contributed by atoms with Crippen molar-refractivity contribution >= 4 is 47.2 Å². The molecule has 0 saturated carbocycles. The summed E-state index contributed by atoms with van der Waals surface area (Å²) in [6.45, 7) is 7.87. The summed E-state index contributed by atoms with van der Waals surface area (Å²) in [6, 6.07) is 12.1. The van der Waals surface area contributed by atoms with E-state index in [9.17, 15) is 4.79 Å². The minimum absolute atomic E-state index is 0.